The minimum Gasteiger partial charge on any atom is -0.455 e. The molecule has 1 aliphatic rings. The summed E-state index contributed by atoms with van der Waals surface area (Å²) in [6, 6.07) is 20.3. The molecule has 0 saturated carbocycles. The van der Waals surface area contributed by atoms with Crippen LogP contribution in [0.3, 0.4) is 0 Å². The van der Waals surface area contributed by atoms with Crippen LogP contribution in [0.5, 0.6) is 11.5 Å². The normalized spacial score (nSPS) is 13.3. The van der Waals surface area contributed by atoms with Crippen LogP contribution in [0.4, 0.5) is 0 Å². The van der Waals surface area contributed by atoms with Crippen molar-refractivity contribution in [2.45, 2.75) is 53.8 Å². The van der Waals surface area contributed by atoms with Crippen LogP contribution in [0.25, 0.3) is 43.6 Å². The van der Waals surface area contributed by atoms with E-state index in [4.69, 9.17) is 4.74 Å². The molecule has 2 heterocycles. The summed E-state index contributed by atoms with van der Waals surface area (Å²) in [4.78, 5) is 0. The Labute approximate surface area is 215 Å². The molecule has 0 aliphatic carbocycles. The molecule has 6 rings (SSSR count). The average Bonchev–Trinajstić information content (AvgIpc) is 2.81. The summed E-state index contributed by atoms with van der Waals surface area (Å²) >= 11 is 0. The molecule has 0 bridgehead atoms. The van der Waals surface area contributed by atoms with Gasteiger partial charge in [0.2, 0.25) is 5.69 Å². The van der Waals surface area contributed by atoms with Gasteiger partial charge < -0.3 is 4.74 Å². The fourth-order valence-electron chi connectivity index (χ4n) is 6.18. The van der Waals surface area contributed by atoms with Gasteiger partial charge in [0.25, 0.3) is 0 Å². The van der Waals surface area contributed by atoms with E-state index in [1.807, 2.05) is 0 Å². The second-order valence-corrected chi connectivity index (χ2v) is 17.8. The number of fused-ring (bicyclic) bond motifs is 5. The Bertz CT molecular complexity index is 1720. The summed E-state index contributed by atoms with van der Waals surface area (Å²) in [5.74, 6) is 2.04. The Kier molecular flexibility index (Phi) is 4.95. The molecule has 4 aromatic carbocycles. The third-order valence-electron chi connectivity index (χ3n) is 7.74. The molecule has 3 heteroatoms. The van der Waals surface area contributed by atoms with Crippen LogP contribution in [-0.2, 0) is 13.5 Å². The summed E-state index contributed by atoms with van der Waals surface area (Å²) in [6.07, 6.45) is 3.19. The zero-order valence-corrected chi connectivity index (χ0v) is 23.8. The Morgan fingerprint density at radius 2 is 1.53 bits per heavy atom. The van der Waals surface area contributed by atoms with Crippen molar-refractivity contribution in [1.29, 1.82) is 0 Å². The van der Waals surface area contributed by atoms with Crippen LogP contribution in [0, 0.1) is 12.3 Å². The lowest BCUT2D eigenvalue weighted by Gasteiger charge is -2.29. The second-order valence-electron chi connectivity index (χ2n) is 12.8. The molecule has 1 aromatic heterocycles. The number of hydrogen-bond donors (Lipinski definition) is 0. The molecule has 0 saturated heterocycles. The second kappa shape index (κ2) is 7.66. The van der Waals surface area contributed by atoms with E-state index in [2.05, 4.69) is 120 Å². The first-order valence-electron chi connectivity index (χ1n) is 13.1. The largest absolute Gasteiger partial charge is 0.455 e. The topological polar surface area (TPSA) is 13.1 Å². The SMILES string of the molecule is Cc1c2c(c(CC(C)(C)C)c3ccccc13)Oc1cc3c([Si](C)(C)C)cccc3c3cc[n+](C)c-2c13. The van der Waals surface area contributed by atoms with Gasteiger partial charge in [-0.2, -0.15) is 0 Å². The number of aromatic nitrogens is 1. The van der Waals surface area contributed by atoms with E-state index in [-0.39, 0.29) is 5.41 Å². The van der Waals surface area contributed by atoms with Crippen molar-refractivity contribution in [3.63, 3.8) is 0 Å². The maximum absolute atomic E-state index is 7.05. The number of ether oxygens (including phenoxy) is 1. The Morgan fingerprint density at radius 3 is 2.22 bits per heavy atom. The number of pyridine rings is 1. The van der Waals surface area contributed by atoms with E-state index in [1.165, 1.54) is 59.9 Å². The Morgan fingerprint density at radius 1 is 0.833 bits per heavy atom. The molecule has 0 amide bonds. The fraction of sp³-hybridized carbons (Fsp3) is 0.303. The predicted octanol–water partition coefficient (Wildman–Crippen LogP) is 8.19. The van der Waals surface area contributed by atoms with Crippen molar-refractivity contribution in [2.24, 2.45) is 12.5 Å². The highest BCUT2D eigenvalue weighted by atomic mass is 28.3. The number of rotatable bonds is 2. The van der Waals surface area contributed by atoms with Gasteiger partial charge in [-0.05, 0) is 51.9 Å². The van der Waals surface area contributed by atoms with Gasteiger partial charge in [0.15, 0.2) is 6.20 Å². The number of hydrogen-bond acceptors (Lipinski definition) is 1. The lowest BCUT2D eigenvalue weighted by atomic mass is 9.81. The van der Waals surface area contributed by atoms with Crippen molar-refractivity contribution in [3.8, 4) is 22.8 Å². The van der Waals surface area contributed by atoms with E-state index in [1.54, 1.807) is 0 Å². The van der Waals surface area contributed by atoms with Crippen molar-refractivity contribution >= 4 is 45.6 Å². The molecule has 0 unspecified atom stereocenters. The van der Waals surface area contributed by atoms with Crippen molar-refractivity contribution in [3.05, 3.63) is 71.9 Å². The van der Waals surface area contributed by atoms with Gasteiger partial charge in [0.05, 0.1) is 19.0 Å². The minimum absolute atomic E-state index is 0.137. The van der Waals surface area contributed by atoms with Gasteiger partial charge in [-0.1, -0.05) is 88.1 Å². The monoisotopic (exact) mass is 490 g/mol. The first-order chi connectivity index (χ1) is 17.0. The lowest BCUT2D eigenvalue weighted by Crippen LogP contribution is -2.38. The molecule has 0 fully saturated rings. The quantitative estimate of drug-likeness (QED) is 0.135. The third kappa shape index (κ3) is 3.40. The van der Waals surface area contributed by atoms with Gasteiger partial charge in [0, 0.05) is 17.0 Å². The first kappa shape index (κ1) is 23.2. The van der Waals surface area contributed by atoms with Crippen LogP contribution in [0.1, 0.15) is 31.9 Å². The standard InChI is InChI=1S/C33H36NOSi/c1-20-21-12-9-10-13-22(21)26(19-33(2,3)4)32-29(20)31-30-24(16-17-34(31)5)23-14-11-15-28(36(6,7)8)25(23)18-27(30)35-32/h9-18H,19H2,1-8H3/q+1. The van der Waals surface area contributed by atoms with Crippen molar-refractivity contribution in [2.75, 3.05) is 0 Å². The highest BCUT2D eigenvalue weighted by Crippen LogP contribution is 2.52. The molecular formula is C33H36NOSi+. The summed E-state index contributed by atoms with van der Waals surface area (Å²) in [6.45, 7) is 16.5. The van der Waals surface area contributed by atoms with Crippen LogP contribution in [-0.4, -0.2) is 8.07 Å². The Hall–Kier alpha value is -3.17. The molecule has 5 aromatic rings. The summed E-state index contributed by atoms with van der Waals surface area (Å²) in [5, 5.41) is 9.31. The van der Waals surface area contributed by atoms with Crippen LogP contribution >= 0.6 is 0 Å². The van der Waals surface area contributed by atoms with Gasteiger partial charge in [-0.3, -0.25) is 0 Å². The minimum atomic E-state index is -1.55. The molecule has 1 aliphatic heterocycles. The Balaban J connectivity index is 1.81. The zero-order valence-electron chi connectivity index (χ0n) is 22.8. The molecule has 0 spiro atoms. The van der Waals surface area contributed by atoms with Gasteiger partial charge in [-0.15, -0.1) is 0 Å². The number of aryl methyl sites for hydroxylation is 2. The van der Waals surface area contributed by atoms with Crippen LogP contribution in [0.15, 0.2) is 60.8 Å². The first-order valence-corrected chi connectivity index (χ1v) is 16.6. The van der Waals surface area contributed by atoms with E-state index < -0.39 is 8.07 Å². The molecule has 36 heavy (non-hydrogen) atoms. The van der Waals surface area contributed by atoms with Crippen LogP contribution < -0.4 is 14.5 Å². The maximum Gasteiger partial charge on any atom is 0.228 e. The maximum atomic E-state index is 7.05. The van der Waals surface area contributed by atoms with E-state index in [0.29, 0.717) is 0 Å². The average molecular weight is 491 g/mol. The molecule has 0 radical (unpaired) electrons. The smallest absolute Gasteiger partial charge is 0.228 e. The molecule has 182 valence electrons. The summed E-state index contributed by atoms with van der Waals surface area (Å²) in [5.41, 5.74) is 5.26. The fourth-order valence-corrected chi connectivity index (χ4v) is 7.79. The highest BCUT2D eigenvalue weighted by Gasteiger charge is 2.34. The summed E-state index contributed by atoms with van der Waals surface area (Å²) < 4.78 is 9.34. The zero-order chi connectivity index (χ0) is 25.6. The molecule has 2 nitrogen and oxygen atoms in total. The highest BCUT2D eigenvalue weighted by molar-refractivity contribution is 6.90. The molecule has 0 atom stereocenters. The van der Waals surface area contributed by atoms with Gasteiger partial charge in [0.1, 0.15) is 18.5 Å². The third-order valence-corrected chi connectivity index (χ3v) is 9.79. The molecule has 0 N–H and O–H groups in total. The number of benzene rings is 4. The predicted molar refractivity (Wildman–Crippen MR) is 157 cm³/mol. The van der Waals surface area contributed by atoms with E-state index >= 15 is 0 Å². The lowest BCUT2D eigenvalue weighted by molar-refractivity contribution is -0.659. The summed E-state index contributed by atoms with van der Waals surface area (Å²) in [7, 11) is 0.627. The van der Waals surface area contributed by atoms with Crippen LogP contribution in [0.2, 0.25) is 19.6 Å². The molecular weight excluding hydrogens is 454 g/mol. The van der Waals surface area contributed by atoms with Gasteiger partial charge in [-0.25, -0.2) is 4.57 Å². The van der Waals surface area contributed by atoms with Crippen molar-refractivity contribution in [1.82, 2.24) is 0 Å². The number of nitrogens with zero attached hydrogens (tertiary/aromatic N) is 1. The van der Waals surface area contributed by atoms with E-state index in [9.17, 15) is 0 Å². The van der Waals surface area contributed by atoms with Gasteiger partial charge >= 0.3 is 0 Å². The van der Waals surface area contributed by atoms with E-state index in [0.717, 1.165) is 17.9 Å². The van der Waals surface area contributed by atoms with Crippen molar-refractivity contribution < 1.29 is 9.30 Å².